The number of rotatable bonds is 4. The maximum atomic E-state index is 12.8. The van der Waals surface area contributed by atoms with Crippen LogP contribution in [0.15, 0.2) is 53.9 Å². The van der Waals surface area contributed by atoms with E-state index in [4.69, 9.17) is 5.26 Å². The molecule has 0 atom stereocenters. The molecule has 22 heavy (non-hydrogen) atoms. The van der Waals surface area contributed by atoms with Crippen LogP contribution in [0.25, 0.3) is 11.3 Å². The molecule has 0 saturated heterocycles. The molecule has 0 amide bonds. The average Bonchev–Trinajstić information content (AvgIpc) is 3.03. The summed E-state index contributed by atoms with van der Waals surface area (Å²) in [6.07, 6.45) is 0. The van der Waals surface area contributed by atoms with Gasteiger partial charge in [0.2, 0.25) is 0 Å². The van der Waals surface area contributed by atoms with Crippen molar-refractivity contribution in [2.75, 3.05) is 5.32 Å². The number of nitrogens with zero attached hydrogens (tertiary/aromatic N) is 2. The van der Waals surface area contributed by atoms with Crippen LogP contribution in [0.1, 0.15) is 11.1 Å². The Bertz CT molecular complexity index is 801. The van der Waals surface area contributed by atoms with E-state index in [-0.39, 0.29) is 5.82 Å². The number of nitriles is 1. The lowest BCUT2D eigenvalue weighted by Crippen LogP contribution is -1.98. The SMILES string of the molecule is N#Cc1ccc(-c2csc(NCc3ccc(F)cc3)n2)cc1. The van der Waals surface area contributed by atoms with Crippen molar-refractivity contribution in [1.82, 2.24) is 4.98 Å². The van der Waals surface area contributed by atoms with Gasteiger partial charge in [-0.2, -0.15) is 5.26 Å². The van der Waals surface area contributed by atoms with Crippen LogP contribution in [0.2, 0.25) is 0 Å². The smallest absolute Gasteiger partial charge is 0.183 e. The Hall–Kier alpha value is -2.71. The van der Waals surface area contributed by atoms with E-state index in [2.05, 4.69) is 16.4 Å². The minimum atomic E-state index is -0.235. The predicted octanol–water partition coefficient (Wildman–Crippen LogP) is 4.43. The van der Waals surface area contributed by atoms with Crippen LogP contribution in [0.4, 0.5) is 9.52 Å². The molecule has 0 aliphatic heterocycles. The molecule has 1 heterocycles. The van der Waals surface area contributed by atoms with Gasteiger partial charge in [-0.15, -0.1) is 11.3 Å². The Balaban J connectivity index is 1.68. The van der Waals surface area contributed by atoms with Crippen molar-refractivity contribution >= 4 is 16.5 Å². The summed E-state index contributed by atoms with van der Waals surface area (Å²) < 4.78 is 12.8. The number of thiazole rings is 1. The third kappa shape index (κ3) is 3.30. The van der Waals surface area contributed by atoms with Gasteiger partial charge in [-0.1, -0.05) is 24.3 Å². The van der Waals surface area contributed by atoms with Crippen molar-refractivity contribution in [3.05, 3.63) is 70.9 Å². The zero-order chi connectivity index (χ0) is 15.4. The summed E-state index contributed by atoms with van der Waals surface area (Å²) in [4.78, 5) is 4.52. The highest BCUT2D eigenvalue weighted by atomic mass is 32.1. The Kier molecular flexibility index (Phi) is 4.12. The molecule has 1 N–H and O–H groups in total. The zero-order valence-corrected chi connectivity index (χ0v) is 12.4. The standard InChI is InChI=1S/C17H12FN3S/c18-15-7-3-13(4-8-15)10-20-17-21-16(11-22-17)14-5-1-12(9-19)2-6-14/h1-8,11H,10H2,(H,20,21). The Morgan fingerprint density at radius 3 is 2.50 bits per heavy atom. The number of hydrogen-bond acceptors (Lipinski definition) is 4. The maximum absolute atomic E-state index is 12.8. The average molecular weight is 309 g/mol. The molecule has 3 rings (SSSR count). The van der Waals surface area contributed by atoms with Crippen LogP contribution in [0.3, 0.4) is 0 Å². The molecule has 0 aliphatic carbocycles. The Morgan fingerprint density at radius 2 is 1.82 bits per heavy atom. The van der Waals surface area contributed by atoms with Gasteiger partial charge in [0.05, 0.1) is 17.3 Å². The third-order valence-electron chi connectivity index (χ3n) is 3.17. The van der Waals surface area contributed by atoms with Crippen LogP contribution in [-0.2, 0) is 6.54 Å². The van der Waals surface area contributed by atoms with E-state index in [0.29, 0.717) is 12.1 Å². The van der Waals surface area contributed by atoms with E-state index in [0.717, 1.165) is 22.0 Å². The van der Waals surface area contributed by atoms with Crippen LogP contribution in [-0.4, -0.2) is 4.98 Å². The molecule has 2 aromatic carbocycles. The van der Waals surface area contributed by atoms with E-state index in [1.54, 1.807) is 24.3 Å². The second-order valence-electron chi connectivity index (χ2n) is 4.71. The van der Waals surface area contributed by atoms with Gasteiger partial charge in [-0.05, 0) is 29.8 Å². The summed E-state index contributed by atoms with van der Waals surface area (Å²) in [6.45, 7) is 0.598. The molecular formula is C17H12FN3S. The molecule has 3 aromatic rings. The van der Waals surface area contributed by atoms with Crippen LogP contribution in [0, 0.1) is 17.1 Å². The largest absolute Gasteiger partial charge is 0.357 e. The van der Waals surface area contributed by atoms with E-state index < -0.39 is 0 Å². The number of anilines is 1. The van der Waals surface area contributed by atoms with E-state index in [1.807, 2.05) is 17.5 Å². The second kappa shape index (κ2) is 6.37. The normalized spacial score (nSPS) is 10.2. The first-order valence-electron chi connectivity index (χ1n) is 6.69. The third-order valence-corrected chi connectivity index (χ3v) is 3.97. The highest BCUT2D eigenvalue weighted by molar-refractivity contribution is 7.14. The summed E-state index contributed by atoms with van der Waals surface area (Å²) in [5.41, 5.74) is 3.48. The Labute approximate surface area is 131 Å². The second-order valence-corrected chi connectivity index (χ2v) is 5.57. The van der Waals surface area contributed by atoms with Crippen molar-refractivity contribution < 1.29 is 4.39 Å². The molecule has 0 fully saturated rings. The minimum Gasteiger partial charge on any atom is -0.357 e. The van der Waals surface area contributed by atoms with Crippen molar-refractivity contribution in [3.8, 4) is 17.3 Å². The highest BCUT2D eigenvalue weighted by Crippen LogP contribution is 2.25. The topological polar surface area (TPSA) is 48.7 Å². The van der Waals surface area contributed by atoms with Crippen molar-refractivity contribution in [1.29, 1.82) is 5.26 Å². The lowest BCUT2D eigenvalue weighted by molar-refractivity contribution is 0.627. The summed E-state index contributed by atoms with van der Waals surface area (Å²) in [5.74, 6) is -0.235. The van der Waals surface area contributed by atoms with Gasteiger partial charge in [0.1, 0.15) is 5.82 Å². The fourth-order valence-corrected chi connectivity index (χ4v) is 2.70. The van der Waals surface area contributed by atoms with Gasteiger partial charge in [0, 0.05) is 17.5 Å². The van der Waals surface area contributed by atoms with E-state index >= 15 is 0 Å². The van der Waals surface area contributed by atoms with Gasteiger partial charge in [-0.3, -0.25) is 0 Å². The molecular weight excluding hydrogens is 297 g/mol. The molecule has 1 aromatic heterocycles. The highest BCUT2D eigenvalue weighted by Gasteiger charge is 2.04. The molecule has 108 valence electrons. The van der Waals surface area contributed by atoms with Gasteiger partial charge < -0.3 is 5.32 Å². The fraction of sp³-hybridized carbons (Fsp3) is 0.0588. The van der Waals surface area contributed by atoms with Gasteiger partial charge in [0.25, 0.3) is 0 Å². The molecule has 0 aliphatic rings. The zero-order valence-electron chi connectivity index (χ0n) is 11.6. The fourth-order valence-electron chi connectivity index (χ4n) is 1.98. The first kappa shape index (κ1) is 14.2. The number of halogens is 1. The molecule has 0 bridgehead atoms. The quantitative estimate of drug-likeness (QED) is 0.775. The van der Waals surface area contributed by atoms with Crippen molar-refractivity contribution in [3.63, 3.8) is 0 Å². The number of hydrogen-bond donors (Lipinski definition) is 1. The summed E-state index contributed by atoms with van der Waals surface area (Å²) in [7, 11) is 0. The summed E-state index contributed by atoms with van der Waals surface area (Å²) in [6, 6.07) is 15.8. The molecule has 3 nitrogen and oxygen atoms in total. The lowest BCUT2D eigenvalue weighted by Gasteiger charge is -2.02. The maximum Gasteiger partial charge on any atom is 0.183 e. The van der Waals surface area contributed by atoms with E-state index in [1.165, 1.54) is 23.5 Å². The molecule has 0 unspecified atom stereocenters. The first-order chi connectivity index (χ1) is 10.7. The number of aromatic nitrogens is 1. The molecule has 0 spiro atoms. The van der Waals surface area contributed by atoms with Crippen molar-refractivity contribution in [2.45, 2.75) is 6.54 Å². The van der Waals surface area contributed by atoms with Gasteiger partial charge in [-0.25, -0.2) is 9.37 Å². The van der Waals surface area contributed by atoms with Crippen LogP contribution < -0.4 is 5.32 Å². The van der Waals surface area contributed by atoms with Crippen molar-refractivity contribution in [2.24, 2.45) is 0 Å². The van der Waals surface area contributed by atoms with Crippen LogP contribution >= 0.6 is 11.3 Å². The number of benzene rings is 2. The summed E-state index contributed by atoms with van der Waals surface area (Å²) in [5, 5.41) is 14.8. The lowest BCUT2D eigenvalue weighted by atomic mass is 10.1. The minimum absolute atomic E-state index is 0.235. The Morgan fingerprint density at radius 1 is 1.09 bits per heavy atom. The molecule has 0 radical (unpaired) electrons. The predicted molar refractivity (Wildman–Crippen MR) is 86.0 cm³/mol. The van der Waals surface area contributed by atoms with E-state index in [9.17, 15) is 4.39 Å². The number of nitrogens with one attached hydrogen (secondary N) is 1. The van der Waals surface area contributed by atoms with Gasteiger partial charge in [0.15, 0.2) is 5.13 Å². The monoisotopic (exact) mass is 309 g/mol. The molecule has 0 saturated carbocycles. The summed E-state index contributed by atoms with van der Waals surface area (Å²) >= 11 is 1.52. The van der Waals surface area contributed by atoms with Gasteiger partial charge >= 0.3 is 0 Å². The molecule has 5 heteroatoms. The first-order valence-corrected chi connectivity index (χ1v) is 7.57. The van der Waals surface area contributed by atoms with Crippen LogP contribution in [0.5, 0.6) is 0 Å².